The van der Waals surface area contributed by atoms with Crippen molar-refractivity contribution in [3.63, 3.8) is 0 Å². The number of carbonyl (C=O) groups excluding carboxylic acids is 3. The van der Waals surface area contributed by atoms with Crippen molar-refractivity contribution >= 4 is 17.8 Å². The van der Waals surface area contributed by atoms with Crippen molar-refractivity contribution in [3.8, 4) is 0 Å². The van der Waals surface area contributed by atoms with Crippen LogP contribution in [0.5, 0.6) is 0 Å². The molecule has 2 heterocycles. The summed E-state index contributed by atoms with van der Waals surface area (Å²) in [5.74, 6) is -1.19. The quantitative estimate of drug-likeness (QED) is 0.698. The first-order chi connectivity index (χ1) is 13.4. The summed E-state index contributed by atoms with van der Waals surface area (Å²) < 4.78 is 9.76. The van der Waals surface area contributed by atoms with E-state index in [4.69, 9.17) is 9.47 Å². The molecule has 28 heavy (non-hydrogen) atoms. The smallest absolute Gasteiger partial charge is 0.339 e. The molecule has 150 valence electrons. The SMILES string of the molecule is CCOC(=O)CCN(Cc1cccnc1)C(=O)c1[nH]c(C)c(C(=O)OC)c1C. The number of aromatic nitrogens is 2. The Hall–Kier alpha value is -3.16. The lowest BCUT2D eigenvalue weighted by molar-refractivity contribution is -0.143. The Labute approximate surface area is 163 Å². The van der Waals surface area contributed by atoms with Crippen LogP contribution in [-0.4, -0.2) is 53.0 Å². The topological polar surface area (TPSA) is 102 Å². The molecule has 8 heteroatoms. The Morgan fingerprint density at radius 1 is 1.25 bits per heavy atom. The van der Waals surface area contributed by atoms with E-state index < -0.39 is 5.97 Å². The second-order valence-electron chi connectivity index (χ2n) is 6.26. The normalized spacial score (nSPS) is 10.4. The summed E-state index contributed by atoms with van der Waals surface area (Å²) in [5, 5.41) is 0. The van der Waals surface area contributed by atoms with E-state index in [2.05, 4.69) is 9.97 Å². The van der Waals surface area contributed by atoms with Crippen LogP contribution in [0.3, 0.4) is 0 Å². The number of H-pyrrole nitrogens is 1. The second-order valence-corrected chi connectivity index (χ2v) is 6.26. The molecule has 2 aromatic rings. The van der Waals surface area contributed by atoms with E-state index in [0.29, 0.717) is 22.5 Å². The average molecular weight is 387 g/mol. The summed E-state index contributed by atoms with van der Waals surface area (Å²) in [6.07, 6.45) is 3.38. The van der Waals surface area contributed by atoms with Crippen LogP contribution in [0.1, 0.15) is 51.0 Å². The van der Waals surface area contributed by atoms with Gasteiger partial charge in [0.25, 0.3) is 5.91 Å². The molecular weight excluding hydrogens is 362 g/mol. The van der Waals surface area contributed by atoms with Crippen molar-refractivity contribution in [2.24, 2.45) is 0 Å². The van der Waals surface area contributed by atoms with E-state index in [1.807, 2.05) is 6.07 Å². The first kappa shape index (κ1) is 21.1. The number of aromatic amines is 1. The third kappa shape index (κ3) is 4.97. The van der Waals surface area contributed by atoms with Gasteiger partial charge in [-0.25, -0.2) is 4.79 Å². The molecule has 2 rings (SSSR count). The summed E-state index contributed by atoms with van der Waals surface area (Å²) >= 11 is 0. The summed E-state index contributed by atoms with van der Waals surface area (Å²) in [6.45, 7) is 5.87. The van der Waals surface area contributed by atoms with E-state index >= 15 is 0 Å². The molecule has 0 aliphatic carbocycles. The number of ether oxygens (including phenoxy) is 2. The first-order valence-electron chi connectivity index (χ1n) is 9.00. The van der Waals surface area contributed by atoms with E-state index in [0.717, 1.165) is 5.56 Å². The van der Waals surface area contributed by atoms with Gasteiger partial charge in [0.1, 0.15) is 5.69 Å². The molecule has 0 radical (unpaired) electrons. The van der Waals surface area contributed by atoms with Gasteiger partial charge in [-0.1, -0.05) is 6.07 Å². The van der Waals surface area contributed by atoms with Gasteiger partial charge in [0, 0.05) is 31.2 Å². The number of rotatable bonds is 8. The number of nitrogens with zero attached hydrogens (tertiary/aromatic N) is 2. The van der Waals surface area contributed by atoms with Gasteiger partial charge >= 0.3 is 11.9 Å². The molecule has 1 amide bonds. The maximum Gasteiger partial charge on any atom is 0.339 e. The third-order valence-corrected chi connectivity index (χ3v) is 4.32. The van der Waals surface area contributed by atoms with Crippen LogP contribution in [0.4, 0.5) is 0 Å². The lowest BCUT2D eigenvalue weighted by Gasteiger charge is -2.22. The van der Waals surface area contributed by atoms with E-state index in [1.165, 1.54) is 12.0 Å². The fourth-order valence-electron chi connectivity index (χ4n) is 2.95. The molecule has 0 aliphatic heterocycles. The van der Waals surface area contributed by atoms with Crippen LogP contribution in [0, 0.1) is 13.8 Å². The average Bonchev–Trinajstić information content (AvgIpc) is 2.99. The Bertz CT molecular complexity index is 845. The zero-order valence-electron chi connectivity index (χ0n) is 16.6. The molecule has 2 aromatic heterocycles. The molecule has 0 bridgehead atoms. The molecule has 0 fully saturated rings. The summed E-state index contributed by atoms with van der Waals surface area (Å²) in [6, 6.07) is 3.63. The van der Waals surface area contributed by atoms with Crippen LogP contribution in [0.25, 0.3) is 0 Å². The van der Waals surface area contributed by atoms with E-state index in [-0.39, 0.29) is 38.0 Å². The maximum absolute atomic E-state index is 13.2. The zero-order valence-corrected chi connectivity index (χ0v) is 16.6. The molecular formula is C20H25N3O5. The highest BCUT2D eigenvalue weighted by atomic mass is 16.5. The number of esters is 2. The van der Waals surface area contributed by atoms with Gasteiger partial charge in [-0.05, 0) is 38.0 Å². The Balaban J connectivity index is 2.30. The Morgan fingerprint density at radius 3 is 2.61 bits per heavy atom. The van der Waals surface area contributed by atoms with Crippen LogP contribution in [0.2, 0.25) is 0 Å². The minimum atomic E-state index is -0.504. The summed E-state index contributed by atoms with van der Waals surface area (Å²) in [5.41, 5.74) is 2.54. The standard InChI is InChI=1S/C20H25N3O5/c1-5-28-16(24)8-10-23(12-15-7-6-9-21-11-15)19(25)18-13(2)17(14(3)22-18)20(26)27-4/h6-7,9,11,22H,5,8,10,12H2,1-4H3. The molecule has 8 nitrogen and oxygen atoms in total. The number of pyridine rings is 1. The maximum atomic E-state index is 13.2. The Kier molecular flexibility index (Phi) is 7.31. The highest BCUT2D eigenvalue weighted by Gasteiger charge is 2.26. The van der Waals surface area contributed by atoms with Crippen molar-refractivity contribution in [2.45, 2.75) is 33.7 Å². The van der Waals surface area contributed by atoms with Crippen molar-refractivity contribution in [2.75, 3.05) is 20.3 Å². The predicted molar refractivity (Wildman–Crippen MR) is 102 cm³/mol. The number of aryl methyl sites for hydroxylation is 1. The minimum absolute atomic E-state index is 0.0719. The number of carbonyl (C=O) groups is 3. The molecule has 0 unspecified atom stereocenters. The highest BCUT2D eigenvalue weighted by Crippen LogP contribution is 2.21. The van der Waals surface area contributed by atoms with Crippen LogP contribution in [0.15, 0.2) is 24.5 Å². The van der Waals surface area contributed by atoms with Gasteiger partial charge < -0.3 is 19.4 Å². The first-order valence-corrected chi connectivity index (χ1v) is 9.00. The van der Waals surface area contributed by atoms with Crippen LogP contribution < -0.4 is 0 Å². The summed E-state index contributed by atoms with van der Waals surface area (Å²) in [4.78, 5) is 45.5. The fourth-order valence-corrected chi connectivity index (χ4v) is 2.95. The molecule has 0 saturated heterocycles. The predicted octanol–water partition coefficient (Wildman–Crippen LogP) is 2.41. The monoisotopic (exact) mass is 387 g/mol. The van der Waals surface area contributed by atoms with E-state index in [9.17, 15) is 14.4 Å². The van der Waals surface area contributed by atoms with Gasteiger partial charge in [-0.15, -0.1) is 0 Å². The molecule has 0 aliphatic rings. The van der Waals surface area contributed by atoms with Crippen LogP contribution in [-0.2, 0) is 20.8 Å². The Morgan fingerprint density at radius 2 is 2.00 bits per heavy atom. The minimum Gasteiger partial charge on any atom is -0.466 e. The number of nitrogens with one attached hydrogen (secondary N) is 1. The number of hydrogen-bond acceptors (Lipinski definition) is 6. The second kappa shape index (κ2) is 9.68. The molecule has 0 atom stereocenters. The number of amides is 1. The molecule has 0 aromatic carbocycles. The van der Waals surface area contributed by atoms with Gasteiger partial charge in [0.15, 0.2) is 0 Å². The van der Waals surface area contributed by atoms with Crippen molar-refractivity contribution < 1.29 is 23.9 Å². The van der Waals surface area contributed by atoms with E-state index in [1.54, 1.807) is 39.2 Å². The lowest BCUT2D eigenvalue weighted by atomic mass is 10.1. The van der Waals surface area contributed by atoms with Crippen molar-refractivity contribution in [3.05, 3.63) is 52.6 Å². The van der Waals surface area contributed by atoms with Gasteiger partial charge in [-0.2, -0.15) is 0 Å². The molecule has 0 saturated carbocycles. The van der Waals surface area contributed by atoms with Gasteiger partial charge in [0.2, 0.25) is 0 Å². The number of hydrogen-bond donors (Lipinski definition) is 1. The number of methoxy groups -OCH3 is 1. The van der Waals surface area contributed by atoms with Gasteiger partial charge in [-0.3, -0.25) is 14.6 Å². The third-order valence-electron chi connectivity index (χ3n) is 4.32. The van der Waals surface area contributed by atoms with Gasteiger partial charge in [0.05, 0.1) is 25.7 Å². The fraction of sp³-hybridized carbons (Fsp3) is 0.400. The summed E-state index contributed by atoms with van der Waals surface area (Å²) in [7, 11) is 1.30. The lowest BCUT2D eigenvalue weighted by Crippen LogP contribution is -2.33. The van der Waals surface area contributed by atoms with Crippen molar-refractivity contribution in [1.29, 1.82) is 0 Å². The highest BCUT2D eigenvalue weighted by molar-refractivity contribution is 6.00. The van der Waals surface area contributed by atoms with Crippen LogP contribution >= 0.6 is 0 Å². The zero-order chi connectivity index (χ0) is 20.7. The largest absolute Gasteiger partial charge is 0.466 e. The molecule has 0 spiro atoms. The molecule has 1 N–H and O–H groups in total. The van der Waals surface area contributed by atoms with Crippen molar-refractivity contribution in [1.82, 2.24) is 14.9 Å².